The van der Waals surface area contributed by atoms with Gasteiger partial charge in [0, 0.05) is 51.9 Å². The highest BCUT2D eigenvalue weighted by Gasteiger charge is 2.30. The number of nitrogens with zero attached hydrogens (tertiary/aromatic N) is 3. The molecule has 5 heteroatoms. The van der Waals surface area contributed by atoms with E-state index in [4.69, 9.17) is 5.11 Å². The van der Waals surface area contributed by atoms with Gasteiger partial charge in [0.15, 0.2) is 0 Å². The second-order valence-electron chi connectivity index (χ2n) is 7.15. The highest BCUT2D eigenvalue weighted by atomic mass is 16.4. The molecule has 1 saturated carbocycles. The quantitative estimate of drug-likeness (QED) is 0.921. The number of rotatable bonds is 4. The molecule has 2 fully saturated rings. The molecule has 24 heavy (non-hydrogen) atoms. The van der Waals surface area contributed by atoms with Gasteiger partial charge in [0.25, 0.3) is 0 Å². The maximum absolute atomic E-state index is 11.1. The van der Waals surface area contributed by atoms with Crippen LogP contribution in [0.4, 0.5) is 4.79 Å². The van der Waals surface area contributed by atoms with E-state index < -0.39 is 6.09 Å². The Morgan fingerprint density at radius 3 is 2.29 bits per heavy atom. The molecular weight excluding hydrogens is 302 g/mol. The molecule has 1 aromatic carbocycles. The van der Waals surface area contributed by atoms with Crippen LogP contribution < -0.4 is 0 Å². The fourth-order valence-corrected chi connectivity index (χ4v) is 4.10. The van der Waals surface area contributed by atoms with Gasteiger partial charge in [-0.25, -0.2) is 4.79 Å². The summed E-state index contributed by atoms with van der Waals surface area (Å²) in [7, 11) is 1.70. The van der Waals surface area contributed by atoms with E-state index in [1.807, 2.05) is 0 Å². The topological polar surface area (TPSA) is 47.0 Å². The molecular formula is C19H29N3O2. The highest BCUT2D eigenvalue weighted by molar-refractivity contribution is 5.64. The third-order valence-electron chi connectivity index (χ3n) is 5.69. The zero-order chi connectivity index (χ0) is 16.9. The third kappa shape index (κ3) is 4.28. The molecule has 132 valence electrons. The van der Waals surface area contributed by atoms with Crippen molar-refractivity contribution in [2.45, 2.75) is 44.3 Å². The Morgan fingerprint density at radius 1 is 1.08 bits per heavy atom. The van der Waals surface area contributed by atoms with Crippen LogP contribution in [0.1, 0.15) is 31.2 Å². The summed E-state index contributed by atoms with van der Waals surface area (Å²) in [4.78, 5) is 17.7. The summed E-state index contributed by atoms with van der Waals surface area (Å²) >= 11 is 0. The maximum Gasteiger partial charge on any atom is 0.407 e. The van der Waals surface area contributed by atoms with Crippen LogP contribution in [0.25, 0.3) is 0 Å². The smallest absolute Gasteiger partial charge is 0.407 e. The number of carbonyl (C=O) groups is 1. The van der Waals surface area contributed by atoms with Crippen LogP contribution in [0.3, 0.4) is 0 Å². The van der Waals surface area contributed by atoms with E-state index in [1.165, 1.54) is 10.5 Å². The number of benzene rings is 1. The molecule has 3 rings (SSSR count). The average Bonchev–Trinajstić information content (AvgIpc) is 2.63. The minimum absolute atomic E-state index is 0.207. The van der Waals surface area contributed by atoms with Crippen LogP contribution in [0.15, 0.2) is 30.3 Å². The molecule has 1 aliphatic carbocycles. The van der Waals surface area contributed by atoms with Gasteiger partial charge >= 0.3 is 6.09 Å². The molecule has 1 N–H and O–H groups in total. The predicted molar refractivity (Wildman–Crippen MR) is 95.1 cm³/mol. The third-order valence-corrected chi connectivity index (χ3v) is 5.69. The van der Waals surface area contributed by atoms with Crippen molar-refractivity contribution in [3.63, 3.8) is 0 Å². The molecule has 1 heterocycles. The Bertz CT molecular complexity index is 521. The summed E-state index contributed by atoms with van der Waals surface area (Å²) in [6.07, 6.45) is 3.45. The zero-order valence-electron chi connectivity index (χ0n) is 14.6. The van der Waals surface area contributed by atoms with E-state index in [9.17, 15) is 4.79 Å². The summed E-state index contributed by atoms with van der Waals surface area (Å²) in [5.74, 6) is 0. The molecule has 5 nitrogen and oxygen atoms in total. The van der Waals surface area contributed by atoms with Gasteiger partial charge in [-0.1, -0.05) is 30.3 Å². The lowest BCUT2D eigenvalue weighted by Crippen LogP contribution is -2.52. The summed E-state index contributed by atoms with van der Waals surface area (Å²) in [5.41, 5.74) is 1.39. The lowest BCUT2D eigenvalue weighted by Gasteiger charge is -2.43. The van der Waals surface area contributed by atoms with Gasteiger partial charge in [0.1, 0.15) is 0 Å². The number of carboxylic acid groups (broad SMARTS) is 1. The van der Waals surface area contributed by atoms with Gasteiger partial charge in [-0.15, -0.1) is 0 Å². The van der Waals surface area contributed by atoms with Crippen LogP contribution in [0.2, 0.25) is 0 Å². The van der Waals surface area contributed by atoms with Crippen molar-refractivity contribution in [2.75, 3.05) is 33.2 Å². The van der Waals surface area contributed by atoms with Gasteiger partial charge in [0.05, 0.1) is 0 Å². The van der Waals surface area contributed by atoms with E-state index in [-0.39, 0.29) is 6.04 Å². The van der Waals surface area contributed by atoms with Crippen molar-refractivity contribution >= 4 is 6.09 Å². The fourth-order valence-electron chi connectivity index (χ4n) is 4.10. The van der Waals surface area contributed by atoms with Crippen LogP contribution in [0.5, 0.6) is 0 Å². The van der Waals surface area contributed by atoms with Gasteiger partial charge in [-0.3, -0.25) is 9.80 Å². The Morgan fingerprint density at radius 2 is 1.71 bits per heavy atom. The molecule has 1 saturated heterocycles. The van der Waals surface area contributed by atoms with Crippen molar-refractivity contribution in [1.29, 1.82) is 0 Å². The Hall–Kier alpha value is -1.59. The Balaban J connectivity index is 1.42. The predicted octanol–water partition coefficient (Wildman–Crippen LogP) is 2.73. The van der Waals surface area contributed by atoms with Crippen molar-refractivity contribution in [3.05, 3.63) is 35.9 Å². The van der Waals surface area contributed by atoms with E-state index in [2.05, 4.69) is 40.1 Å². The van der Waals surface area contributed by atoms with Crippen molar-refractivity contribution < 1.29 is 9.90 Å². The standard InChI is InChI=1S/C19H29N3O2/c1-20(19(23)24)17-7-9-18(10-8-17)22-13-11-21(12-14-22)15-16-5-3-2-4-6-16/h2-6,17-18H,7-15H2,1H3,(H,23,24)/t17-,18-. The van der Waals surface area contributed by atoms with Crippen molar-refractivity contribution in [1.82, 2.24) is 14.7 Å². The number of amides is 1. The van der Waals surface area contributed by atoms with E-state index in [0.717, 1.165) is 58.4 Å². The molecule has 1 amide bonds. The normalized spacial score (nSPS) is 26.2. The zero-order valence-corrected chi connectivity index (χ0v) is 14.6. The van der Waals surface area contributed by atoms with Crippen molar-refractivity contribution in [3.8, 4) is 0 Å². The molecule has 0 spiro atoms. The minimum Gasteiger partial charge on any atom is -0.465 e. The second kappa shape index (κ2) is 7.99. The lowest BCUT2D eigenvalue weighted by atomic mass is 9.89. The largest absolute Gasteiger partial charge is 0.465 e. The first-order chi connectivity index (χ1) is 11.6. The van der Waals surface area contributed by atoms with Crippen LogP contribution in [-0.2, 0) is 6.54 Å². The monoisotopic (exact) mass is 331 g/mol. The molecule has 0 radical (unpaired) electrons. The highest BCUT2D eigenvalue weighted by Crippen LogP contribution is 2.27. The molecule has 0 unspecified atom stereocenters. The SMILES string of the molecule is CN(C(=O)O)[C@H]1CC[C@H](N2CCN(Cc3ccccc3)CC2)CC1. The van der Waals surface area contributed by atoms with Gasteiger partial charge in [0.2, 0.25) is 0 Å². The van der Waals surface area contributed by atoms with Crippen LogP contribution in [-0.4, -0.2) is 71.2 Å². The fraction of sp³-hybridized carbons (Fsp3) is 0.632. The number of piperazine rings is 1. The first kappa shape index (κ1) is 17.2. The van der Waals surface area contributed by atoms with E-state index in [0.29, 0.717) is 6.04 Å². The van der Waals surface area contributed by atoms with Crippen LogP contribution >= 0.6 is 0 Å². The maximum atomic E-state index is 11.1. The van der Waals surface area contributed by atoms with Crippen molar-refractivity contribution in [2.24, 2.45) is 0 Å². The summed E-state index contributed by atoms with van der Waals surface area (Å²) in [6.45, 7) is 5.58. The molecule has 1 aromatic rings. The second-order valence-corrected chi connectivity index (χ2v) is 7.15. The average molecular weight is 331 g/mol. The molecule has 1 aliphatic heterocycles. The Kier molecular flexibility index (Phi) is 5.74. The minimum atomic E-state index is -0.798. The first-order valence-electron chi connectivity index (χ1n) is 9.09. The van der Waals surface area contributed by atoms with E-state index >= 15 is 0 Å². The molecule has 0 bridgehead atoms. The van der Waals surface area contributed by atoms with E-state index in [1.54, 1.807) is 7.05 Å². The van der Waals surface area contributed by atoms with Gasteiger partial charge in [-0.05, 0) is 31.2 Å². The lowest BCUT2D eigenvalue weighted by molar-refractivity contribution is 0.0578. The van der Waals surface area contributed by atoms with Gasteiger partial charge in [-0.2, -0.15) is 0 Å². The Labute approximate surface area is 144 Å². The number of hydrogen-bond acceptors (Lipinski definition) is 3. The molecule has 0 aromatic heterocycles. The van der Waals surface area contributed by atoms with Crippen LogP contribution in [0, 0.1) is 0 Å². The summed E-state index contributed by atoms with van der Waals surface area (Å²) in [5, 5.41) is 9.11. The summed E-state index contributed by atoms with van der Waals surface area (Å²) in [6, 6.07) is 11.5. The van der Waals surface area contributed by atoms with Gasteiger partial charge < -0.3 is 10.0 Å². The molecule has 0 atom stereocenters. The molecule has 2 aliphatic rings. The summed E-state index contributed by atoms with van der Waals surface area (Å²) < 4.78 is 0. The number of hydrogen-bond donors (Lipinski definition) is 1. The first-order valence-corrected chi connectivity index (χ1v) is 9.09.